The maximum Gasteiger partial charge on any atom is 0.220 e. The first-order valence-electron chi connectivity index (χ1n) is 25.3. The van der Waals surface area contributed by atoms with Gasteiger partial charge in [0.05, 0.1) is 32.0 Å². The van der Waals surface area contributed by atoms with Gasteiger partial charge in [-0.3, -0.25) is 4.79 Å². The average molecular weight is 892 g/mol. The quantitative estimate of drug-likeness (QED) is 0.0313. The van der Waals surface area contributed by atoms with E-state index < -0.39 is 86.8 Å². The van der Waals surface area contributed by atoms with E-state index in [2.05, 4.69) is 19.2 Å². The van der Waals surface area contributed by atoms with Crippen molar-refractivity contribution in [1.29, 1.82) is 0 Å². The lowest BCUT2D eigenvalue weighted by atomic mass is 9.97. The summed E-state index contributed by atoms with van der Waals surface area (Å²) in [7, 11) is 0. The van der Waals surface area contributed by atoms with Gasteiger partial charge in [0.2, 0.25) is 5.91 Å². The number of carbonyl (C=O) groups is 1. The summed E-state index contributed by atoms with van der Waals surface area (Å²) >= 11 is 0. The van der Waals surface area contributed by atoms with Crippen molar-refractivity contribution in [3.63, 3.8) is 0 Å². The lowest BCUT2D eigenvalue weighted by Gasteiger charge is -2.46. The van der Waals surface area contributed by atoms with Crippen molar-refractivity contribution in [3.8, 4) is 0 Å². The third kappa shape index (κ3) is 23.4. The molecule has 0 spiro atoms. The van der Waals surface area contributed by atoms with Crippen LogP contribution in [0.5, 0.6) is 0 Å². The number of carbonyl (C=O) groups excluding carboxylic acids is 1. The maximum atomic E-state index is 13.2. The second kappa shape index (κ2) is 36.2. The van der Waals surface area contributed by atoms with Gasteiger partial charge >= 0.3 is 0 Å². The fourth-order valence-electron chi connectivity index (χ4n) is 8.65. The molecule has 368 valence electrons. The Morgan fingerprint density at radius 2 is 0.919 bits per heavy atom. The van der Waals surface area contributed by atoms with Gasteiger partial charge in [0.25, 0.3) is 0 Å². The van der Waals surface area contributed by atoms with Crippen molar-refractivity contribution in [2.24, 2.45) is 0 Å². The van der Waals surface area contributed by atoms with E-state index in [1.165, 1.54) is 128 Å². The van der Waals surface area contributed by atoms with Crippen LogP contribution >= 0.6 is 0 Å². The average Bonchev–Trinajstić information content (AvgIpc) is 3.27. The number of aliphatic hydroxyl groups is 8. The van der Waals surface area contributed by atoms with Crippen molar-refractivity contribution in [2.45, 2.75) is 280 Å². The summed E-state index contributed by atoms with van der Waals surface area (Å²) in [5.41, 5.74) is 0. The minimum absolute atomic E-state index is 0.205. The molecule has 9 N–H and O–H groups in total. The summed E-state index contributed by atoms with van der Waals surface area (Å²) in [5.74, 6) is -0.205. The Kier molecular flexibility index (Phi) is 33.3. The van der Waals surface area contributed by atoms with Crippen molar-refractivity contribution < 1.29 is 64.6 Å². The van der Waals surface area contributed by atoms with Crippen LogP contribution < -0.4 is 5.32 Å². The van der Waals surface area contributed by atoms with Crippen molar-refractivity contribution in [2.75, 3.05) is 19.8 Å². The first kappa shape index (κ1) is 57.1. The molecule has 0 radical (unpaired) electrons. The summed E-state index contributed by atoms with van der Waals surface area (Å²) in [4.78, 5) is 13.2. The van der Waals surface area contributed by atoms with Gasteiger partial charge < -0.3 is 65.1 Å². The number of ether oxygens (including phenoxy) is 4. The normalized spacial score (nSPS) is 27.6. The molecule has 0 aromatic rings. The number of hydrogen-bond acceptors (Lipinski definition) is 13. The molecule has 0 bridgehead atoms. The van der Waals surface area contributed by atoms with Crippen LogP contribution in [0.4, 0.5) is 0 Å². The van der Waals surface area contributed by atoms with Crippen LogP contribution in [0, 0.1) is 0 Å². The van der Waals surface area contributed by atoms with Crippen molar-refractivity contribution >= 4 is 5.91 Å². The Morgan fingerprint density at radius 1 is 0.516 bits per heavy atom. The van der Waals surface area contributed by atoms with Crippen LogP contribution in [-0.2, 0) is 23.7 Å². The van der Waals surface area contributed by atoms with Crippen LogP contribution in [0.3, 0.4) is 0 Å². The Morgan fingerprint density at radius 3 is 1.37 bits per heavy atom. The largest absolute Gasteiger partial charge is 0.394 e. The molecular formula is C48H93NO13. The van der Waals surface area contributed by atoms with Gasteiger partial charge in [0.15, 0.2) is 12.6 Å². The summed E-state index contributed by atoms with van der Waals surface area (Å²) < 4.78 is 22.7. The van der Waals surface area contributed by atoms with Gasteiger partial charge in [0, 0.05) is 6.42 Å². The molecule has 2 aliphatic heterocycles. The van der Waals surface area contributed by atoms with Gasteiger partial charge in [-0.2, -0.15) is 0 Å². The van der Waals surface area contributed by atoms with Crippen LogP contribution in [0.1, 0.15) is 206 Å². The van der Waals surface area contributed by atoms with Crippen LogP contribution in [0.2, 0.25) is 0 Å². The molecule has 0 aromatic heterocycles. The summed E-state index contributed by atoms with van der Waals surface area (Å²) in [6.45, 7) is 2.85. The zero-order valence-corrected chi connectivity index (χ0v) is 38.9. The number of aliphatic hydroxyl groups excluding tert-OH is 8. The summed E-state index contributed by atoms with van der Waals surface area (Å²) in [5, 5.41) is 86.8. The van der Waals surface area contributed by atoms with Crippen LogP contribution in [0.15, 0.2) is 0 Å². The Balaban J connectivity index is 1.84. The second-order valence-electron chi connectivity index (χ2n) is 18.3. The van der Waals surface area contributed by atoms with Crippen LogP contribution in [0.25, 0.3) is 0 Å². The molecule has 4 unspecified atom stereocenters. The molecule has 2 heterocycles. The molecule has 14 nitrogen and oxygen atoms in total. The Labute approximate surface area is 374 Å². The second-order valence-corrected chi connectivity index (χ2v) is 18.3. The predicted molar refractivity (Wildman–Crippen MR) is 240 cm³/mol. The van der Waals surface area contributed by atoms with E-state index in [1.54, 1.807) is 0 Å². The number of amides is 1. The third-order valence-electron chi connectivity index (χ3n) is 12.8. The Hall–Kier alpha value is -1.01. The van der Waals surface area contributed by atoms with E-state index in [1.807, 2.05) is 0 Å². The molecule has 1 amide bonds. The van der Waals surface area contributed by atoms with E-state index in [-0.39, 0.29) is 12.5 Å². The number of hydrogen-bond donors (Lipinski definition) is 9. The highest BCUT2D eigenvalue weighted by atomic mass is 16.7. The summed E-state index contributed by atoms with van der Waals surface area (Å²) in [6, 6.07) is -0.820. The predicted octanol–water partition coefficient (Wildman–Crippen LogP) is 6.22. The number of unbranched alkanes of at least 4 members (excludes halogenated alkanes) is 26. The van der Waals surface area contributed by atoms with Gasteiger partial charge in [0.1, 0.15) is 48.8 Å². The first-order chi connectivity index (χ1) is 30.1. The Bertz CT molecular complexity index is 1060. The van der Waals surface area contributed by atoms with Gasteiger partial charge in [-0.05, 0) is 12.8 Å². The molecule has 2 fully saturated rings. The van der Waals surface area contributed by atoms with Crippen LogP contribution in [-0.4, -0.2) is 140 Å². The number of nitrogens with one attached hydrogen (secondary N) is 1. The molecule has 2 saturated heterocycles. The molecule has 0 aromatic carbocycles. The van der Waals surface area contributed by atoms with E-state index in [0.717, 1.165) is 51.4 Å². The highest BCUT2D eigenvalue weighted by molar-refractivity contribution is 5.76. The zero-order valence-electron chi connectivity index (χ0n) is 38.9. The van der Waals surface area contributed by atoms with E-state index >= 15 is 0 Å². The highest BCUT2D eigenvalue weighted by Crippen LogP contribution is 2.30. The molecule has 14 heteroatoms. The monoisotopic (exact) mass is 892 g/mol. The lowest BCUT2D eigenvalue weighted by Crippen LogP contribution is -2.65. The van der Waals surface area contributed by atoms with E-state index in [9.17, 15) is 45.6 Å². The minimum Gasteiger partial charge on any atom is -0.394 e. The molecule has 2 rings (SSSR count). The highest BCUT2D eigenvalue weighted by Gasteiger charge is 2.51. The summed E-state index contributed by atoms with van der Waals surface area (Å²) in [6.07, 6.45) is 18.1. The molecule has 2 aliphatic rings. The fourth-order valence-corrected chi connectivity index (χ4v) is 8.65. The molecule has 0 aliphatic carbocycles. The third-order valence-corrected chi connectivity index (χ3v) is 12.8. The SMILES string of the molecule is CCCCCCCCCCCCCCCCC(=O)N[C@@H](CO[C@@H]1O[C@H](CO)[C@@H](O[C@@H]2O[C@H](CO)[C@H](O)C(O)C2O)C(O)C1O)[C@H](O)CCCCCCCCCCCCCCCC. The number of rotatable bonds is 39. The van der Waals surface area contributed by atoms with E-state index in [0.29, 0.717) is 12.8 Å². The molecule has 12 atom stereocenters. The standard InChI is InChI=1S/C48H93NO13/c1-3-5-7-9-11-13-15-17-19-21-23-25-27-29-31-37(52)36(49-40(53)32-30-28-26-24-22-20-18-16-14-12-10-8-6-4-2)35-59-47-45(58)43(56)46(39(34-51)61-47)62-48-44(57)42(55)41(54)38(33-50)60-48/h36-39,41-48,50-52,54-58H,3-35H2,1-2H3,(H,49,53)/t36-,37+,38+,39+,41-,42?,43?,44?,45?,46+,47+,48-/m0/s1. The zero-order chi connectivity index (χ0) is 45.4. The molecular weight excluding hydrogens is 799 g/mol. The van der Waals surface area contributed by atoms with Gasteiger partial charge in [-0.25, -0.2) is 0 Å². The fraction of sp³-hybridized carbons (Fsp3) is 0.979. The van der Waals surface area contributed by atoms with Crippen molar-refractivity contribution in [1.82, 2.24) is 5.32 Å². The van der Waals surface area contributed by atoms with Crippen molar-refractivity contribution in [3.05, 3.63) is 0 Å². The maximum absolute atomic E-state index is 13.2. The molecule has 0 saturated carbocycles. The smallest absolute Gasteiger partial charge is 0.220 e. The molecule has 62 heavy (non-hydrogen) atoms. The van der Waals surface area contributed by atoms with Gasteiger partial charge in [-0.15, -0.1) is 0 Å². The van der Waals surface area contributed by atoms with E-state index in [4.69, 9.17) is 18.9 Å². The lowest BCUT2D eigenvalue weighted by molar-refractivity contribution is -0.359. The van der Waals surface area contributed by atoms with Gasteiger partial charge in [-0.1, -0.05) is 187 Å². The first-order valence-corrected chi connectivity index (χ1v) is 25.3. The minimum atomic E-state index is -1.78. The topological polar surface area (TPSA) is 228 Å².